The number of rotatable bonds is 6. The first-order valence-electron chi connectivity index (χ1n) is 9.44. The van der Waals surface area contributed by atoms with Gasteiger partial charge in [-0.1, -0.05) is 54.6 Å². The molecule has 0 radical (unpaired) electrons. The Morgan fingerprint density at radius 1 is 1.00 bits per heavy atom. The smallest absolute Gasteiger partial charge is 0.287 e. The van der Waals surface area contributed by atoms with Crippen LogP contribution < -0.4 is 10.2 Å². The molecule has 2 N–H and O–H groups in total. The number of amides is 1. The molecule has 3 aromatic rings. The average Bonchev–Trinajstić information content (AvgIpc) is 2.66. The maximum absolute atomic E-state index is 13.6. The van der Waals surface area contributed by atoms with Gasteiger partial charge in [0, 0.05) is 16.8 Å². The van der Waals surface area contributed by atoms with Crippen LogP contribution in [0.15, 0.2) is 72.8 Å². The van der Waals surface area contributed by atoms with E-state index in [0.29, 0.717) is 6.54 Å². The molecule has 3 rings (SSSR count). The van der Waals surface area contributed by atoms with Crippen molar-refractivity contribution in [1.29, 1.82) is 0 Å². The van der Waals surface area contributed by atoms with E-state index in [1.54, 1.807) is 6.07 Å². The lowest BCUT2D eigenvalue weighted by Crippen LogP contribution is -3.09. The number of aryl methyl sites for hydroxylation is 2. The Morgan fingerprint density at radius 2 is 1.75 bits per heavy atom. The lowest BCUT2D eigenvalue weighted by Gasteiger charge is -2.25. The van der Waals surface area contributed by atoms with E-state index in [1.807, 2.05) is 75.5 Å². The van der Waals surface area contributed by atoms with Gasteiger partial charge in [-0.25, -0.2) is 4.39 Å². The Balaban J connectivity index is 1.88. The third kappa shape index (κ3) is 4.84. The Bertz CT molecular complexity index is 956. The number of benzene rings is 3. The topological polar surface area (TPSA) is 33.5 Å². The Morgan fingerprint density at radius 3 is 2.46 bits per heavy atom. The van der Waals surface area contributed by atoms with Crippen molar-refractivity contribution in [2.75, 3.05) is 12.4 Å². The molecule has 0 saturated carbocycles. The number of hydrogen-bond donors (Lipinski definition) is 2. The maximum atomic E-state index is 13.6. The van der Waals surface area contributed by atoms with Crippen LogP contribution in [0.4, 0.5) is 10.1 Å². The average molecular weight is 377 g/mol. The molecule has 0 aliphatic rings. The predicted octanol–water partition coefficient (Wildman–Crippen LogP) is 3.84. The van der Waals surface area contributed by atoms with Crippen LogP contribution in [0.5, 0.6) is 0 Å². The standard InChI is InChI=1S/C24H25FN2O/c1-17-12-13-18(2)22(14-17)26-24(28)23(20-9-5-4-6-10-20)27(3)16-19-8-7-11-21(25)15-19/h4-15,23H,16H2,1-3H3,(H,26,28)/p+1/t23-/m1/s1. The number of hydrogen-bond acceptors (Lipinski definition) is 1. The molecule has 1 unspecified atom stereocenters. The van der Waals surface area contributed by atoms with Crippen LogP contribution in [0.25, 0.3) is 0 Å². The molecule has 0 bridgehead atoms. The largest absolute Gasteiger partial charge is 0.320 e. The van der Waals surface area contributed by atoms with Crippen molar-refractivity contribution in [3.8, 4) is 0 Å². The van der Waals surface area contributed by atoms with Gasteiger partial charge in [0.1, 0.15) is 12.4 Å². The van der Waals surface area contributed by atoms with E-state index in [2.05, 4.69) is 5.32 Å². The van der Waals surface area contributed by atoms with Gasteiger partial charge in [0.2, 0.25) is 0 Å². The van der Waals surface area contributed by atoms with Crippen molar-refractivity contribution in [1.82, 2.24) is 0 Å². The number of quaternary nitrogens is 1. The zero-order valence-electron chi connectivity index (χ0n) is 16.5. The maximum Gasteiger partial charge on any atom is 0.287 e. The summed E-state index contributed by atoms with van der Waals surface area (Å²) in [7, 11) is 1.96. The van der Waals surface area contributed by atoms with Gasteiger partial charge in [-0.3, -0.25) is 4.79 Å². The molecular weight excluding hydrogens is 351 g/mol. The third-order valence-corrected chi connectivity index (χ3v) is 4.91. The fourth-order valence-electron chi connectivity index (χ4n) is 3.45. The molecule has 0 aromatic heterocycles. The zero-order chi connectivity index (χ0) is 20.1. The molecule has 0 heterocycles. The van der Waals surface area contributed by atoms with Crippen molar-refractivity contribution in [3.05, 3.63) is 101 Å². The Hall–Kier alpha value is -2.98. The first-order valence-corrected chi connectivity index (χ1v) is 9.44. The minimum absolute atomic E-state index is 0.0752. The number of halogens is 1. The van der Waals surface area contributed by atoms with E-state index < -0.39 is 6.04 Å². The molecular formula is C24H26FN2O+. The Kier molecular flexibility index (Phi) is 6.22. The highest BCUT2D eigenvalue weighted by molar-refractivity contribution is 5.95. The van der Waals surface area contributed by atoms with E-state index in [9.17, 15) is 9.18 Å². The summed E-state index contributed by atoms with van der Waals surface area (Å²) >= 11 is 0. The van der Waals surface area contributed by atoms with Crippen LogP contribution in [0.2, 0.25) is 0 Å². The SMILES string of the molecule is Cc1ccc(C)c(NC(=O)[C@@H](c2ccccc2)[NH+](C)Cc2cccc(F)c2)c1. The van der Waals surface area contributed by atoms with Gasteiger partial charge in [-0.05, 0) is 43.2 Å². The molecule has 4 heteroatoms. The van der Waals surface area contributed by atoms with Crippen LogP contribution in [0.1, 0.15) is 28.3 Å². The molecule has 3 aromatic carbocycles. The fraction of sp³-hybridized carbons (Fsp3) is 0.208. The summed E-state index contributed by atoms with van der Waals surface area (Å²) in [5, 5.41) is 3.09. The summed E-state index contributed by atoms with van der Waals surface area (Å²) in [6, 6.07) is 21.9. The molecule has 0 fully saturated rings. The van der Waals surface area contributed by atoms with Gasteiger partial charge >= 0.3 is 0 Å². The van der Waals surface area contributed by atoms with Crippen molar-refractivity contribution >= 4 is 11.6 Å². The third-order valence-electron chi connectivity index (χ3n) is 4.91. The minimum Gasteiger partial charge on any atom is -0.320 e. The lowest BCUT2D eigenvalue weighted by atomic mass is 10.0. The molecule has 144 valence electrons. The number of carbonyl (C=O) groups excluding carboxylic acids is 1. The van der Waals surface area contributed by atoms with E-state index in [0.717, 1.165) is 32.8 Å². The minimum atomic E-state index is -0.413. The summed E-state index contributed by atoms with van der Waals surface area (Å²) in [5.74, 6) is -0.338. The summed E-state index contributed by atoms with van der Waals surface area (Å²) in [6.07, 6.45) is 0. The summed E-state index contributed by atoms with van der Waals surface area (Å²) in [4.78, 5) is 14.2. The van der Waals surface area contributed by atoms with Gasteiger partial charge in [0.15, 0.2) is 6.04 Å². The number of nitrogens with one attached hydrogen (secondary N) is 2. The summed E-state index contributed by atoms with van der Waals surface area (Å²) in [6.45, 7) is 4.53. The quantitative estimate of drug-likeness (QED) is 0.672. The molecule has 0 spiro atoms. The van der Waals surface area contributed by atoms with Gasteiger partial charge in [0.05, 0.1) is 7.05 Å². The Labute approximate surface area is 165 Å². The van der Waals surface area contributed by atoms with Crippen LogP contribution in [-0.4, -0.2) is 13.0 Å². The molecule has 0 saturated heterocycles. The highest BCUT2D eigenvalue weighted by Crippen LogP contribution is 2.19. The zero-order valence-corrected chi connectivity index (χ0v) is 16.5. The first-order chi connectivity index (χ1) is 13.4. The van der Waals surface area contributed by atoms with Gasteiger partial charge in [-0.15, -0.1) is 0 Å². The summed E-state index contributed by atoms with van der Waals surface area (Å²) in [5.41, 5.74) is 4.73. The van der Waals surface area contributed by atoms with E-state index in [-0.39, 0.29) is 11.7 Å². The van der Waals surface area contributed by atoms with Crippen molar-refractivity contribution < 1.29 is 14.1 Å². The van der Waals surface area contributed by atoms with Gasteiger partial charge in [-0.2, -0.15) is 0 Å². The van der Waals surface area contributed by atoms with Crippen LogP contribution in [0, 0.1) is 19.7 Å². The molecule has 1 amide bonds. The van der Waals surface area contributed by atoms with Gasteiger partial charge in [0.25, 0.3) is 5.91 Å². The monoisotopic (exact) mass is 377 g/mol. The van der Waals surface area contributed by atoms with Crippen molar-refractivity contribution in [3.63, 3.8) is 0 Å². The van der Waals surface area contributed by atoms with E-state index in [1.165, 1.54) is 12.1 Å². The predicted molar refractivity (Wildman–Crippen MR) is 111 cm³/mol. The van der Waals surface area contributed by atoms with Crippen LogP contribution in [-0.2, 0) is 11.3 Å². The van der Waals surface area contributed by atoms with Gasteiger partial charge < -0.3 is 10.2 Å². The first kappa shape index (κ1) is 19.8. The molecule has 0 aliphatic heterocycles. The second-order valence-electron chi connectivity index (χ2n) is 7.30. The van der Waals surface area contributed by atoms with Crippen LogP contribution in [0.3, 0.4) is 0 Å². The highest BCUT2D eigenvalue weighted by Gasteiger charge is 2.29. The van der Waals surface area contributed by atoms with Crippen molar-refractivity contribution in [2.24, 2.45) is 0 Å². The van der Waals surface area contributed by atoms with E-state index in [4.69, 9.17) is 0 Å². The van der Waals surface area contributed by atoms with Crippen molar-refractivity contribution in [2.45, 2.75) is 26.4 Å². The van der Waals surface area contributed by atoms with E-state index >= 15 is 0 Å². The number of anilines is 1. The lowest BCUT2D eigenvalue weighted by molar-refractivity contribution is -0.915. The normalized spacial score (nSPS) is 13.0. The number of likely N-dealkylation sites (N-methyl/N-ethyl adjacent to an activating group) is 1. The summed E-state index contributed by atoms with van der Waals surface area (Å²) < 4.78 is 13.6. The fourth-order valence-corrected chi connectivity index (χ4v) is 3.45. The molecule has 2 atom stereocenters. The molecule has 28 heavy (non-hydrogen) atoms. The molecule has 0 aliphatic carbocycles. The number of carbonyl (C=O) groups is 1. The second-order valence-corrected chi connectivity index (χ2v) is 7.30. The molecule has 3 nitrogen and oxygen atoms in total. The van der Waals surface area contributed by atoms with Crippen LogP contribution >= 0.6 is 0 Å². The highest BCUT2D eigenvalue weighted by atomic mass is 19.1. The second kappa shape index (κ2) is 8.81.